The monoisotopic (exact) mass is 241 g/mol. The molecule has 0 unspecified atom stereocenters. The van der Waals surface area contributed by atoms with E-state index in [9.17, 15) is 9.59 Å². The van der Waals surface area contributed by atoms with Crippen molar-refractivity contribution in [2.75, 3.05) is 6.54 Å². The summed E-state index contributed by atoms with van der Waals surface area (Å²) in [6.07, 6.45) is 2.28. The number of rotatable bonds is 7. The van der Waals surface area contributed by atoms with Crippen LogP contribution in [0.3, 0.4) is 0 Å². The van der Waals surface area contributed by atoms with E-state index in [0.717, 1.165) is 12.8 Å². The molecule has 0 radical (unpaired) electrons. The molecule has 0 aromatic carbocycles. The van der Waals surface area contributed by atoms with Gasteiger partial charge in [0.1, 0.15) is 0 Å². The van der Waals surface area contributed by atoms with Crippen molar-refractivity contribution >= 4 is 11.9 Å². The molecule has 1 aromatic heterocycles. The lowest BCUT2D eigenvalue weighted by atomic mass is 10.2. The quantitative estimate of drug-likeness (QED) is 0.682. The zero-order valence-corrected chi connectivity index (χ0v) is 9.60. The Morgan fingerprint density at radius 1 is 1.35 bits per heavy atom. The van der Waals surface area contributed by atoms with E-state index in [1.54, 1.807) is 6.92 Å². The maximum absolute atomic E-state index is 11.4. The Hall–Kier alpha value is -1.92. The van der Waals surface area contributed by atoms with Crippen LogP contribution in [-0.4, -0.2) is 33.7 Å². The van der Waals surface area contributed by atoms with E-state index in [0.29, 0.717) is 18.9 Å². The van der Waals surface area contributed by atoms with Gasteiger partial charge in [-0.2, -0.15) is 4.98 Å². The average Bonchev–Trinajstić information content (AvgIpc) is 2.69. The fourth-order valence-electron chi connectivity index (χ4n) is 1.25. The second kappa shape index (κ2) is 6.62. The lowest BCUT2D eigenvalue weighted by molar-refractivity contribution is -0.137. The van der Waals surface area contributed by atoms with Crippen LogP contribution in [0.15, 0.2) is 4.52 Å². The van der Waals surface area contributed by atoms with Gasteiger partial charge in [-0.1, -0.05) is 11.6 Å². The van der Waals surface area contributed by atoms with Crippen molar-refractivity contribution in [1.82, 2.24) is 15.5 Å². The van der Waals surface area contributed by atoms with Crippen molar-refractivity contribution in [3.05, 3.63) is 11.7 Å². The van der Waals surface area contributed by atoms with Gasteiger partial charge in [-0.25, -0.2) is 0 Å². The van der Waals surface area contributed by atoms with Crippen molar-refractivity contribution < 1.29 is 19.2 Å². The first-order valence-corrected chi connectivity index (χ1v) is 5.40. The van der Waals surface area contributed by atoms with E-state index in [4.69, 9.17) is 5.11 Å². The van der Waals surface area contributed by atoms with Crippen LogP contribution in [-0.2, 0) is 4.79 Å². The summed E-state index contributed by atoms with van der Waals surface area (Å²) in [7, 11) is 0. The molecule has 0 spiro atoms. The molecule has 1 rings (SSSR count). The molecule has 0 aliphatic rings. The molecule has 7 heteroatoms. The van der Waals surface area contributed by atoms with E-state index in [1.807, 2.05) is 0 Å². The molecule has 1 heterocycles. The van der Waals surface area contributed by atoms with E-state index in [2.05, 4.69) is 20.0 Å². The van der Waals surface area contributed by atoms with Crippen LogP contribution in [0.2, 0.25) is 0 Å². The third-order valence-electron chi connectivity index (χ3n) is 2.08. The predicted octanol–water partition coefficient (Wildman–Crippen LogP) is 0.753. The van der Waals surface area contributed by atoms with Gasteiger partial charge < -0.3 is 14.9 Å². The molecule has 0 atom stereocenters. The van der Waals surface area contributed by atoms with Gasteiger partial charge in [0, 0.05) is 19.9 Å². The highest BCUT2D eigenvalue weighted by Crippen LogP contribution is 1.99. The number of nitrogens with one attached hydrogen (secondary N) is 1. The van der Waals surface area contributed by atoms with Crippen LogP contribution in [0.1, 0.15) is 42.2 Å². The molecule has 0 aliphatic heterocycles. The number of carboxylic acids is 1. The topological polar surface area (TPSA) is 105 Å². The summed E-state index contributed by atoms with van der Waals surface area (Å²) >= 11 is 0. The zero-order chi connectivity index (χ0) is 12.7. The third-order valence-corrected chi connectivity index (χ3v) is 2.08. The highest BCUT2D eigenvalue weighted by Gasteiger charge is 2.11. The van der Waals surface area contributed by atoms with Gasteiger partial charge >= 0.3 is 5.97 Å². The molecule has 0 saturated heterocycles. The standard InChI is InChI=1S/C10H15N3O4/c1-7-12-9(13-17-7)10(16)11-6-4-2-3-5-8(14)15/h2-6H2,1H3,(H,11,16)(H,14,15). The Kier molecular flexibility index (Phi) is 5.12. The minimum absolute atomic E-state index is 0.0213. The van der Waals surface area contributed by atoms with Crippen LogP contribution < -0.4 is 5.32 Å². The zero-order valence-electron chi connectivity index (χ0n) is 9.60. The number of nitrogens with zero attached hydrogens (tertiary/aromatic N) is 2. The van der Waals surface area contributed by atoms with Crippen LogP contribution in [0.25, 0.3) is 0 Å². The highest BCUT2D eigenvalue weighted by molar-refractivity contribution is 5.90. The first-order valence-electron chi connectivity index (χ1n) is 5.40. The van der Waals surface area contributed by atoms with Gasteiger partial charge in [-0.3, -0.25) is 9.59 Å². The summed E-state index contributed by atoms with van der Waals surface area (Å²) < 4.78 is 4.67. The molecule has 0 saturated carbocycles. The van der Waals surface area contributed by atoms with Crippen LogP contribution >= 0.6 is 0 Å². The Morgan fingerprint density at radius 2 is 2.12 bits per heavy atom. The van der Waals surface area contributed by atoms with E-state index < -0.39 is 5.97 Å². The van der Waals surface area contributed by atoms with Gasteiger partial charge in [0.05, 0.1) is 0 Å². The average molecular weight is 241 g/mol. The number of amides is 1. The van der Waals surface area contributed by atoms with Gasteiger partial charge in [0.15, 0.2) is 0 Å². The fourth-order valence-corrected chi connectivity index (χ4v) is 1.25. The molecule has 0 fully saturated rings. The maximum atomic E-state index is 11.4. The second-order valence-corrected chi connectivity index (χ2v) is 3.60. The second-order valence-electron chi connectivity index (χ2n) is 3.60. The van der Waals surface area contributed by atoms with Crippen molar-refractivity contribution in [1.29, 1.82) is 0 Å². The van der Waals surface area contributed by atoms with E-state index in [1.165, 1.54) is 0 Å². The van der Waals surface area contributed by atoms with Gasteiger partial charge in [-0.15, -0.1) is 0 Å². The minimum Gasteiger partial charge on any atom is -0.481 e. The van der Waals surface area contributed by atoms with Crippen molar-refractivity contribution in [2.45, 2.75) is 32.6 Å². The molecule has 0 aliphatic carbocycles. The van der Waals surface area contributed by atoms with Crippen LogP contribution in [0.5, 0.6) is 0 Å². The molecular formula is C10H15N3O4. The summed E-state index contributed by atoms with van der Waals surface area (Å²) in [6, 6.07) is 0. The molecule has 2 N–H and O–H groups in total. The number of hydrogen-bond donors (Lipinski definition) is 2. The molecular weight excluding hydrogens is 226 g/mol. The first-order chi connectivity index (χ1) is 8.09. The van der Waals surface area contributed by atoms with Crippen molar-refractivity contribution in [3.63, 3.8) is 0 Å². The Bertz CT molecular complexity index is 389. The van der Waals surface area contributed by atoms with Gasteiger partial charge in [0.2, 0.25) is 5.89 Å². The lowest BCUT2D eigenvalue weighted by Crippen LogP contribution is -2.25. The van der Waals surface area contributed by atoms with E-state index >= 15 is 0 Å². The van der Waals surface area contributed by atoms with Gasteiger partial charge in [0.25, 0.3) is 11.7 Å². The highest BCUT2D eigenvalue weighted by atomic mass is 16.5. The summed E-state index contributed by atoms with van der Waals surface area (Å²) in [5.74, 6) is -0.805. The largest absolute Gasteiger partial charge is 0.481 e. The number of carbonyl (C=O) groups excluding carboxylic acids is 1. The third kappa shape index (κ3) is 5.10. The predicted molar refractivity (Wildman–Crippen MR) is 57.5 cm³/mol. The summed E-state index contributed by atoms with van der Waals surface area (Å²) in [6.45, 7) is 2.09. The van der Waals surface area contributed by atoms with Gasteiger partial charge in [-0.05, 0) is 12.8 Å². The molecule has 1 amide bonds. The Balaban J connectivity index is 2.11. The van der Waals surface area contributed by atoms with Crippen molar-refractivity contribution in [2.24, 2.45) is 0 Å². The number of carbonyl (C=O) groups is 2. The normalized spacial score (nSPS) is 10.2. The Morgan fingerprint density at radius 3 is 2.71 bits per heavy atom. The number of unbranched alkanes of at least 4 members (excludes halogenated alkanes) is 2. The summed E-state index contributed by atoms with van der Waals surface area (Å²) in [5, 5.41) is 14.5. The number of aromatic nitrogens is 2. The number of aryl methyl sites for hydroxylation is 1. The van der Waals surface area contributed by atoms with Crippen LogP contribution in [0, 0.1) is 6.92 Å². The van der Waals surface area contributed by atoms with Crippen LogP contribution in [0.4, 0.5) is 0 Å². The van der Waals surface area contributed by atoms with E-state index in [-0.39, 0.29) is 18.2 Å². The number of carboxylic acid groups (broad SMARTS) is 1. The molecule has 94 valence electrons. The SMILES string of the molecule is Cc1nc(C(=O)NCCCCCC(=O)O)no1. The molecule has 17 heavy (non-hydrogen) atoms. The molecule has 7 nitrogen and oxygen atoms in total. The summed E-state index contributed by atoms with van der Waals surface area (Å²) in [4.78, 5) is 25.4. The first kappa shape index (κ1) is 13.1. The Labute approximate surface area is 98.2 Å². The summed E-state index contributed by atoms with van der Waals surface area (Å²) in [5.41, 5.74) is 0. The number of hydrogen-bond acceptors (Lipinski definition) is 5. The molecule has 0 bridgehead atoms. The van der Waals surface area contributed by atoms with Crippen molar-refractivity contribution in [3.8, 4) is 0 Å². The molecule has 1 aromatic rings. The lowest BCUT2D eigenvalue weighted by Gasteiger charge is -2.01. The number of aliphatic carboxylic acids is 1. The maximum Gasteiger partial charge on any atom is 0.303 e. The fraction of sp³-hybridized carbons (Fsp3) is 0.600. The minimum atomic E-state index is -0.795. The smallest absolute Gasteiger partial charge is 0.303 e.